The first-order valence-electron chi connectivity index (χ1n) is 7.57. The summed E-state index contributed by atoms with van der Waals surface area (Å²) in [5, 5.41) is 13.3. The minimum atomic E-state index is -0.511. The van der Waals surface area contributed by atoms with Gasteiger partial charge in [-0.05, 0) is 38.2 Å². The van der Waals surface area contributed by atoms with E-state index < -0.39 is 6.10 Å². The Morgan fingerprint density at radius 1 is 1.33 bits per heavy atom. The van der Waals surface area contributed by atoms with Crippen LogP contribution in [0, 0.1) is 0 Å². The molecule has 0 aliphatic heterocycles. The number of aliphatic hydroxyl groups excluding tert-OH is 1. The number of likely N-dealkylation sites (N-methyl/N-ethyl adjacent to an activating group) is 1. The van der Waals surface area contributed by atoms with E-state index in [1.54, 1.807) is 0 Å². The van der Waals surface area contributed by atoms with Crippen LogP contribution >= 0.6 is 15.9 Å². The van der Waals surface area contributed by atoms with Gasteiger partial charge in [-0.15, -0.1) is 0 Å². The third kappa shape index (κ3) is 7.81. The number of hydrogen-bond acceptors (Lipinski definition) is 4. The van der Waals surface area contributed by atoms with Gasteiger partial charge in [0, 0.05) is 23.6 Å². The molecule has 0 radical (unpaired) electrons. The molecule has 0 aromatic heterocycles. The molecule has 0 saturated carbocycles. The monoisotopic (exact) mass is 358 g/mol. The molecule has 0 bridgehead atoms. The molecule has 0 spiro atoms. The van der Waals surface area contributed by atoms with E-state index in [1.165, 1.54) is 0 Å². The Bertz CT molecular complexity index is 400. The summed E-state index contributed by atoms with van der Waals surface area (Å²) in [6.45, 7) is 10.4. The SMILES string of the molecule is CCN(CC)CC(C)NCC(O)COc1cccc(Br)c1. The molecule has 0 aliphatic carbocycles. The number of nitrogens with zero attached hydrogens (tertiary/aromatic N) is 1. The molecule has 0 fully saturated rings. The summed E-state index contributed by atoms with van der Waals surface area (Å²) < 4.78 is 6.55. The lowest BCUT2D eigenvalue weighted by Crippen LogP contribution is -2.43. The van der Waals surface area contributed by atoms with E-state index in [2.05, 4.69) is 46.9 Å². The molecular formula is C16H27BrN2O2. The van der Waals surface area contributed by atoms with E-state index >= 15 is 0 Å². The van der Waals surface area contributed by atoms with E-state index in [9.17, 15) is 5.11 Å². The average molecular weight is 359 g/mol. The Kier molecular flexibility index (Phi) is 8.92. The van der Waals surface area contributed by atoms with Gasteiger partial charge in [0.05, 0.1) is 0 Å². The van der Waals surface area contributed by atoms with Crippen LogP contribution in [0.1, 0.15) is 20.8 Å². The molecule has 2 N–H and O–H groups in total. The second-order valence-electron chi connectivity index (χ2n) is 5.22. The van der Waals surface area contributed by atoms with Gasteiger partial charge in [0.15, 0.2) is 0 Å². The van der Waals surface area contributed by atoms with Crippen molar-refractivity contribution in [1.82, 2.24) is 10.2 Å². The summed E-state index contributed by atoms with van der Waals surface area (Å²) in [6, 6.07) is 7.98. The van der Waals surface area contributed by atoms with Crippen molar-refractivity contribution >= 4 is 15.9 Å². The number of aliphatic hydroxyl groups is 1. The second-order valence-corrected chi connectivity index (χ2v) is 6.13. The minimum absolute atomic E-state index is 0.293. The van der Waals surface area contributed by atoms with Crippen LogP contribution in [0.25, 0.3) is 0 Å². The minimum Gasteiger partial charge on any atom is -0.491 e. The van der Waals surface area contributed by atoms with E-state index in [0.717, 1.165) is 29.9 Å². The van der Waals surface area contributed by atoms with Crippen LogP contribution in [0.2, 0.25) is 0 Å². The highest BCUT2D eigenvalue weighted by Crippen LogP contribution is 2.17. The first kappa shape index (κ1) is 18.4. The van der Waals surface area contributed by atoms with Crippen molar-refractivity contribution < 1.29 is 9.84 Å². The van der Waals surface area contributed by atoms with E-state index in [0.29, 0.717) is 19.2 Å². The largest absolute Gasteiger partial charge is 0.491 e. The van der Waals surface area contributed by atoms with Gasteiger partial charge in [0.2, 0.25) is 0 Å². The van der Waals surface area contributed by atoms with Crippen LogP contribution in [0.4, 0.5) is 0 Å². The van der Waals surface area contributed by atoms with Gasteiger partial charge in [-0.2, -0.15) is 0 Å². The zero-order valence-electron chi connectivity index (χ0n) is 13.2. The maximum atomic E-state index is 9.96. The number of nitrogens with one attached hydrogen (secondary N) is 1. The molecule has 21 heavy (non-hydrogen) atoms. The lowest BCUT2D eigenvalue weighted by Gasteiger charge is -2.24. The summed E-state index contributed by atoms with van der Waals surface area (Å²) >= 11 is 3.40. The number of halogens is 1. The normalized spacial score (nSPS) is 14.2. The topological polar surface area (TPSA) is 44.7 Å². The Hall–Kier alpha value is -0.620. The van der Waals surface area contributed by atoms with Crippen LogP contribution < -0.4 is 10.1 Å². The van der Waals surface area contributed by atoms with Crippen molar-refractivity contribution in [3.63, 3.8) is 0 Å². The van der Waals surface area contributed by atoms with Gasteiger partial charge in [0.25, 0.3) is 0 Å². The lowest BCUT2D eigenvalue weighted by atomic mass is 10.2. The van der Waals surface area contributed by atoms with Crippen LogP contribution in [0.5, 0.6) is 5.75 Å². The van der Waals surface area contributed by atoms with Crippen molar-refractivity contribution in [3.8, 4) is 5.75 Å². The summed E-state index contributed by atoms with van der Waals surface area (Å²) in [6.07, 6.45) is -0.511. The first-order chi connectivity index (χ1) is 10.0. The fraction of sp³-hybridized carbons (Fsp3) is 0.625. The molecule has 120 valence electrons. The van der Waals surface area contributed by atoms with Crippen LogP contribution in [-0.2, 0) is 0 Å². The third-order valence-corrected chi connectivity index (χ3v) is 3.86. The van der Waals surface area contributed by atoms with Crippen LogP contribution in [0.15, 0.2) is 28.7 Å². The predicted octanol–water partition coefficient (Wildman–Crippen LogP) is 2.51. The molecule has 2 unspecified atom stereocenters. The smallest absolute Gasteiger partial charge is 0.120 e. The van der Waals surface area contributed by atoms with Crippen molar-refractivity contribution in [2.24, 2.45) is 0 Å². The summed E-state index contributed by atoms with van der Waals surface area (Å²) in [4.78, 5) is 2.36. The zero-order chi connectivity index (χ0) is 15.7. The van der Waals surface area contributed by atoms with Crippen molar-refractivity contribution in [3.05, 3.63) is 28.7 Å². The van der Waals surface area contributed by atoms with Gasteiger partial charge in [-0.25, -0.2) is 0 Å². The molecule has 0 heterocycles. The average Bonchev–Trinajstić information content (AvgIpc) is 2.48. The van der Waals surface area contributed by atoms with Gasteiger partial charge in [-0.3, -0.25) is 0 Å². The van der Waals surface area contributed by atoms with Gasteiger partial charge in [-0.1, -0.05) is 35.8 Å². The molecule has 1 aromatic rings. The number of hydrogen-bond donors (Lipinski definition) is 2. The van der Waals surface area contributed by atoms with E-state index in [1.807, 2.05) is 24.3 Å². The van der Waals surface area contributed by atoms with Gasteiger partial charge < -0.3 is 20.1 Å². The van der Waals surface area contributed by atoms with Crippen molar-refractivity contribution in [2.45, 2.75) is 32.9 Å². The molecule has 0 aliphatic rings. The summed E-state index contributed by atoms with van der Waals surface area (Å²) in [7, 11) is 0. The number of rotatable bonds is 10. The molecule has 1 aromatic carbocycles. The maximum Gasteiger partial charge on any atom is 0.120 e. The quantitative estimate of drug-likeness (QED) is 0.674. The zero-order valence-corrected chi connectivity index (χ0v) is 14.8. The Morgan fingerprint density at radius 2 is 2.05 bits per heavy atom. The number of benzene rings is 1. The Morgan fingerprint density at radius 3 is 2.67 bits per heavy atom. The predicted molar refractivity (Wildman–Crippen MR) is 90.9 cm³/mol. The standard InChI is InChI=1S/C16H27BrN2O2/c1-4-19(5-2)11-13(3)18-10-15(20)12-21-16-8-6-7-14(17)9-16/h6-9,13,15,18,20H,4-5,10-12H2,1-3H3. The highest BCUT2D eigenvalue weighted by Gasteiger charge is 2.10. The van der Waals surface area contributed by atoms with Crippen molar-refractivity contribution in [2.75, 3.05) is 32.8 Å². The molecule has 4 nitrogen and oxygen atoms in total. The molecule has 2 atom stereocenters. The maximum absolute atomic E-state index is 9.96. The fourth-order valence-corrected chi connectivity index (χ4v) is 2.46. The van der Waals surface area contributed by atoms with Gasteiger partial charge >= 0.3 is 0 Å². The van der Waals surface area contributed by atoms with Crippen LogP contribution in [-0.4, -0.2) is 54.9 Å². The number of ether oxygens (including phenoxy) is 1. The van der Waals surface area contributed by atoms with Crippen molar-refractivity contribution in [1.29, 1.82) is 0 Å². The molecule has 5 heteroatoms. The molecule has 0 saturated heterocycles. The Labute approximate surface area is 136 Å². The molecule has 1 rings (SSSR count). The summed E-state index contributed by atoms with van der Waals surface area (Å²) in [5.74, 6) is 0.764. The first-order valence-corrected chi connectivity index (χ1v) is 8.36. The summed E-state index contributed by atoms with van der Waals surface area (Å²) in [5.41, 5.74) is 0. The third-order valence-electron chi connectivity index (χ3n) is 3.37. The Balaban J connectivity index is 2.23. The van der Waals surface area contributed by atoms with E-state index in [-0.39, 0.29) is 0 Å². The highest BCUT2D eigenvalue weighted by molar-refractivity contribution is 9.10. The fourth-order valence-electron chi connectivity index (χ4n) is 2.08. The lowest BCUT2D eigenvalue weighted by molar-refractivity contribution is 0.102. The van der Waals surface area contributed by atoms with E-state index in [4.69, 9.17) is 4.74 Å². The highest BCUT2D eigenvalue weighted by atomic mass is 79.9. The molecular weight excluding hydrogens is 332 g/mol. The molecule has 0 amide bonds. The van der Waals surface area contributed by atoms with Gasteiger partial charge in [0.1, 0.15) is 18.5 Å². The van der Waals surface area contributed by atoms with Crippen LogP contribution in [0.3, 0.4) is 0 Å². The second kappa shape index (κ2) is 10.2.